The van der Waals surface area contributed by atoms with E-state index in [2.05, 4.69) is 39.8 Å². The average molecular weight is 275 g/mol. The van der Waals surface area contributed by atoms with Gasteiger partial charge in [0.25, 0.3) is 0 Å². The molecular formula is C17H25NO2. The molecule has 0 amide bonds. The SMILES string of the molecule is CC1(C)C(C(N)c2ccc3c(c2)OCCCO3)C1(C)C. The molecule has 1 aliphatic heterocycles. The van der Waals surface area contributed by atoms with Crippen LogP contribution in [0.25, 0.3) is 0 Å². The van der Waals surface area contributed by atoms with E-state index in [4.69, 9.17) is 15.2 Å². The van der Waals surface area contributed by atoms with Gasteiger partial charge in [-0.15, -0.1) is 0 Å². The Balaban J connectivity index is 1.87. The molecule has 3 rings (SSSR count). The fourth-order valence-corrected chi connectivity index (χ4v) is 3.72. The Morgan fingerprint density at radius 1 is 1.05 bits per heavy atom. The van der Waals surface area contributed by atoms with Crippen molar-refractivity contribution in [1.82, 2.24) is 0 Å². The van der Waals surface area contributed by atoms with Crippen molar-refractivity contribution in [3.63, 3.8) is 0 Å². The van der Waals surface area contributed by atoms with Crippen molar-refractivity contribution in [2.24, 2.45) is 22.5 Å². The normalized spacial score (nSPS) is 24.9. The van der Waals surface area contributed by atoms with Gasteiger partial charge in [0.05, 0.1) is 13.2 Å². The molecule has 1 saturated carbocycles. The van der Waals surface area contributed by atoms with Crippen molar-refractivity contribution >= 4 is 0 Å². The van der Waals surface area contributed by atoms with Crippen molar-refractivity contribution in [1.29, 1.82) is 0 Å². The monoisotopic (exact) mass is 275 g/mol. The topological polar surface area (TPSA) is 44.5 Å². The summed E-state index contributed by atoms with van der Waals surface area (Å²) in [5.74, 6) is 2.18. The van der Waals surface area contributed by atoms with Gasteiger partial charge < -0.3 is 15.2 Å². The minimum atomic E-state index is 0.0529. The molecule has 1 aromatic rings. The lowest BCUT2D eigenvalue weighted by Crippen LogP contribution is -2.16. The van der Waals surface area contributed by atoms with Crippen LogP contribution in [0.4, 0.5) is 0 Å². The average Bonchev–Trinajstić information content (AvgIpc) is 2.91. The lowest BCUT2D eigenvalue weighted by Gasteiger charge is -2.16. The predicted molar refractivity (Wildman–Crippen MR) is 80.0 cm³/mol. The van der Waals surface area contributed by atoms with Crippen LogP contribution in [0.5, 0.6) is 11.5 Å². The minimum Gasteiger partial charge on any atom is -0.490 e. The Morgan fingerprint density at radius 3 is 2.25 bits per heavy atom. The third-order valence-electron chi connectivity index (χ3n) is 5.65. The molecule has 3 nitrogen and oxygen atoms in total. The van der Waals surface area contributed by atoms with Crippen molar-refractivity contribution in [2.45, 2.75) is 40.2 Å². The molecule has 1 fully saturated rings. The number of hydrogen-bond acceptors (Lipinski definition) is 3. The molecule has 1 aromatic carbocycles. The summed E-state index contributed by atoms with van der Waals surface area (Å²) in [6.07, 6.45) is 0.929. The minimum absolute atomic E-state index is 0.0529. The van der Waals surface area contributed by atoms with Crippen LogP contribution in [0.3, 0.4) is 0 Å². The van der Waals surface area contributed by atoms with Crippen molar-refractivity contribution in [2.75, 3.05) is 13.2 Å². The fraction of sp³-hybridized carbons (Fsp3) is 0.647. The molecule has 3 heteroatoms. The van der Waals surface area contributed by atoms with Gasteiger partial charge in [-0.2, -0.15) is 0 Å². The third kappa shape index (κ3) is 1.91. The van der Waals surface area contributed by atoms with Crippen LogP contribution in [0.15, 0.2) is 18.2 Å². The van der Waals surface area contributed by atoms with Crippen LogP contribution >= 0.6 is 0 Å². The Morgan fingerprint density at radius 2 is 1.65 bits per heavy atom. The third-order valence-corrected chi connectivity index (χ3v) is 5.65. The van der Waals surface area contributed by atoms with E-state index in [1.165, 1.54) is 0 Å². The number of ether oxygens (including phenoxy) is 2. The van der Waals surface area contributed by atoms with E-state index in [1.807, 2.05) is 6.07 Å². The van der Waals surface area contributed by atoms with Crippen molar-refractivity contribution in [3.05, 3.63) is 23.8 Å². The molecule has 0 spiro atoms. The van der Waals surface area contributed by atoms with Crippen LogP contribution in [0, 0.1) is 16.7 Å². The van der Waals surface area contributed by atoms with Crippen LogP contribution in [0.1, 0.15) is 45.7 Å². The second-order valence-electron chi connectivity index (χ2n) is 7.20. The smallest absolute Gasteiger partial charge is 0.161 e. The van der Waals surface area contributed by atoms with Gasteiger partial charge in [0.2, 0.25) is 0 Å². The van der Waals surface area contributed by atoms with E-state index in [1.54, 1.807) is 0 Å². The molecule has 110 valence electrons. The highest BCUT2D eigenvalue weighted by atomic mass is 16.5. The highest BCUT2D eigenvalue weighted by Gasteiger charge is 2.66. The Hall–Kier alpha value is -1.22. The molecule has 0 saturated heterocycles. The molecule has 2 N–H and O–H groups in total. The summed E-state index contributed by atoms with van der Waals surface area (Å²) >= 11 is 0. The Bertz CT molecular complexity index is 508. The van der Waals surface area contributed by atoms with Gasteiger partial charge in [-0.25, -0.2) is 0 Å². The predicted octanol–water partition coefficient (Wildman–Crippen LogP) is 3.53. The van der Waals surface area contributed by atoms with E-state index >= 15 is 0 Å². The van der Waals surface area contributed by atoms with Crippen molar-refractivity contribution in [3.8, 4) is 11.5 Å². The first-order chi connectivity index (χ1) is 9.35. The first-order valence-corrected chi connectivity index (χ1v) is 7.51. The van der Waals surface area contributed by atoms with Crippen LogP contribution in [-0.2, 0) is 0 Å². The number of hydrogen-bond donors (Lipinski definition) is 1. The first kappa shape index (κ1) is 13.7. The summed E-state index contributed by atoms with van der Waals surface area (Å²) < 4.78 is 11.4. The maximum atomic E-state index is 6.53. The number of nitrogens with two attached hydrogens (primary N) is 1. The van der Waals surface area contributed by atoms with Gasteiger partial charge in [-0.05, 0) is 34.4 Å². The second kappa shape index (κ2) is 4.39. The molecule has 1 aliphatic carbocycles. The van der Waals surface area contributed by atoms with Gasteiger partial charge in [0.1, 0.15) is 0 Å². The Labute approximate surface area is 121 Å². The molecular weight excluding hydrogens is 250 g/mol. The van der Waals surface area contributed by atoms with E-state index in [0.717, 1.165) is 30.1 Å². The maximum Gasteiger partial charge on any atom is 0.161 e. The molecule has 1 heterocycles. The molecule has 20 heavy (non-hydrogen) atoms. The van der Waals surface area contributed by atoms with E-state index in [0.29, 0.717) is 12.5 Å². The summed E-state index contributed by atoms with van der Waals surface area (Å²) in [6.45, 7) is 10.7. The largest absolute Gasteiger partial charge is 0.490 e. The summed E-state index contributed by atoms with van der Waals surface area (Å²) in [6, 6.07) is 6.20. The second-order valence-corrected chi connectivity index (χ2v) is 7.20. The van der Waals surface area contributed by atoms with Crippen molar-refractivity contribution < 1.29 is 9.47 Å². The van der Waals surface area contributed by atoms with Crippen LogP contribution in [0.2, 0.25) is 0 Å². The zero-order chi connectivity index (χ0) is 14.5. The summed E-state index contributed by atoms with van der Waals surface area (Å²) in [5.41, 5.74) is 8.25. The summed E-state index contributed by atoms with van der Waals surface area (Å²) in [5, 5.41) is 0. The van der Waals surface area contributed by atoms with Gasteiger partial charge in [0, 0.05) is 12.5 Å². The highest BCUT2D eigenvalue weighted by molar-refractivity contribution is 5.45. The summed E-state index contributed by atoms with van der Waals surface area (Å²) in [7, 11) is 0. The van der Waals surface area contributed by atoms with Gasteiger partial charge in [0.15, 0.2) is 11.5 Å². The number of fused-ring (bicyclic) bond motifs is 1. The lowest BCUT2D eigenvalue weighted by atomic mass is 9.97. The zero-order valence-corrected chi connectivity index (χ0v) is 12.9. The van der Waals surface area contributed by atoms with Gasteiger partial charge in [-0.1, -0.05) is 33.8 Å². The quantitative estimate of drug-likeness (QED) is 0.898. The van der Waals surface area contributed by atoms with E-state index in [9.17, 15) is 0 Å². The molecule has 1 unspecified atom stereocenters. The van der Waals surface area contributed by atoms with Crippen LogP contribution < -0.4 is 15.2 Å². The lowest BCUT2D eigenvalue weighted by molar-refractivity contribution is 0.297. The maximum absolute atomic E-state index is 6.53. The molecule has 2 aliphatic rings. The zero-order valence-electron chi connectivity index (χ0n) is 12.9. The van der Waals surface area contributed by atoms with Crippen LogP contribution in [-0.4, -0.2) is 13.2 Å². The van der Waals surface area contributed by atoms with E-state index in [-0.39, 0.29) is 16.9 Å². The summed E-state index contributed by atoms with van der Waals surface area (Å²) in [4.78, 5) is 0. The van der Waals surface area contributed by atoms with E-state index < -0.39 is 0 Å². The standard InChI is InChI=1S/C17H25NO2/c1-16(2)15(17(16,3)4)14(18)11-6-7-12-13(10-11)20-9-5-8-19-12/h6-7,10,14-15H,5,8-9,18H2,1-4H3. The number of rotatable bonds is 2. The Kier molecular flexibility index (Phi) is 3.02. The molecule has 1 atom stereocenters. The fourth-order valence-electron chi connectivity index (χ4n) is 3.72. The first-order valence-electron chi connectivity index (χ1n) is 7.51. The number of benzene rings is 1. The van der Waals surface area contributed by atoms with Gasteiger partial charge in [-0.3, -0.25) is 0 Å². The molecule has 0 radical (unpaired) electrons. The molecule has 0 bridgehead atoms. The molecule has 0 aromatic heterocycles. The highest BCUT2D eigenvalue weighted by Crippen LogP contribution is 2.71. The van der Waals surface area contributed by atoms with Gasteiger partial charge >= 0.3 is 0 Å².